The average molecular weight is 262 g/mol. The summed E-state index contributed by atoms with van der Waals surface area (Å²) >= 11 is 0. The molecule has 0 saturated heterocycles. The highest BCUT2D eigenvalue weighted by Gasteiger charge is 2.56. The molecule has 6 heteroatoms. The number of hydrogen-bond acceptors (Lipinski definition) is 1. The van der Waals surface area contributed by atoms with Crippen molar-refractivity contribution in [2.24, 2.45) is 0 Å². The molecule has 0 radical (unpaired) electrons. The van der Waals surface area contributed by atoms with Crippen LogP contribution in [-0.2, 0) is 4.74 Å². The first-order valence-electron chi connectivity index (χ1n) is 5.73. The topological polar surface area (TPSA) is 9.23 Å². The minimum atomic E-state index is -5.42. The maximum Gasteiger partial charge on any atom is 0.453 e. The lowest BCUT2D eigenvalue weighted by atomic mass is 10.1. The van der Waals surface area contributed by atoms with Crippen LogP contribution in [0.5, 0.6) is 0 Å². The molecule has 0 amide bonds. The molecule has 0 unspecified atom stereocenters. The number of ether oxygens (including phenoxy) is 1. The van der Waals surface area contributed by atoms with Crippen LogP contribution in [0.2, 0.25) is 0 Å². The third-order valence-electron chi connectivity index (χ3n) is 2.25. The monoisotopic (exact) mass is 262 g/mol. The number of hydrogen-bond donors (Lipinski definition) is 0. The summed E-state index contributed by atoms with van der Waals surface area (Å²) in [4.78, 5) is 0. The normalized spacial score (nSPS) is 13.4. The Balaban J connectivity index is 3.52. The zero-order chi connectivity index (χ0) is 13.5. The van der Waals surface area contributed by atoms with Crippen molar-refractivity contribution in [2.45, 2.75) is 64.2 Å². The average Bonchev–Trinajstić information content (AvgIpc) is 2.13. The van der Waals surface area contributed by atoms with Crippen molar-refractivity contribution in [3.05, 3.63) is 0 Å². The highest BCUT2D eigenvalue weighted by Crippen LogP contribution is 2.39. The van der Waals surface area contributed by atoms with E-state index in [0.717, 1.165) is 0 Å². The molecule has 0 aromatic rings. The zero-order valence-electron chi connectivity index (χ0n) is 10.1. The third kappa shape index (κ3) is 7.52. The summed E-state index contributed by atoms with van der Waals surface area (Å²) in [6, 6.07) is 0. The van der Waals surface area contributed by atoms with Gasteiger partial charge >= 0.3 is 12.1 Å². The summed E-state index contributed by atoms with van der Waals surface area (Å²) in [6.07, 6.45) is -4.88. The fourth-order valence-electron chi connectivity index (χ4n) is 1.26. The van der Waals surface area contributed by atoms with E-state index in [1.807, 2.05) is 13.8 Å². The van der Waals surface area contributed by atoms with Gasteiger partial charge in [0.25, 0.3) is 0 Å². The van der Waals surface area contributed by atoms with Gasteiger partial charge in [0.1, 0.15) is 0 Å². The minimum absolute atomic E-state index is 0.115. The van der Waals surface area contributed by atoms with E-state index in [1.54, 1.807) is 0 Å². The van der Waals surface area contributed by atoms with Crippen LogP contribution in [-0.4, -0.2) is 24.8 Å². The molecule has 0 atom stereocenters. The molecule has 0 spiro atoms. The van der Waals surface area contributed by atoms with Gasteiger partial charge in [-0.1, -0.05) is 12.8 Å². The van der Waals surface area contributed by atoms with Gasteiger partial charge in [-0.3, -0.25) is 0 Å². The van der Waals surface area contributed by atoms with Crippen molar-refractivity contribution in [3.63, 3.8) is 0 Å². The summed E-state index contributed by atoms with van der Waals surface area (Å²) < 4.78 is 65.5. The SMILES string of the molecule is CC(C)OCCCCCCC(F)(F)C(F)(F)F. The van der Waals surface area contributed by atoms with Crippen molar-refractivity contribution < 1.29 is 26.7 Å². The number of halogens is 5. The molecule has 0 aliphatic rings. The molecule has 17 heavy (non-hydrogen) atoms. The molecule has 0 aliphatic carbocycles. The first-order valence-corrected chi connectivity index (χ1v) is 5.73. The molecule has 0 bridgehead atoms. The van der Waals surface area contributed by atoms with Crippen LogP contribution in [0.4, 0.5) is 22.0 Å². The van der Waals surface area contributed by atoms with E-state index >= 15 is 0 Å². The Labute approximate surface area is 98.3 Å². The molecule has 0 rings (SSSR count). The fraction of sp³-hybridized carbons (Fsp3) is 1.00. The van der Waals surface area contributed by atoms with E-state index in [9.17, 15) is 22.0 Å². The fourth-order valence-corrected chi connectivity index (χ4v) is 1.26. The summed E-state index contributed by atoms with van der Waals surface area (Å²) in [7, 11) is 0. The number of unbranched alkanes of at least 4 members (excludes halogenated alkanes) is 3. The van der Waals surface area contributed by atoms with Gasteiger partial charge in [-0.05, 0) is 26.7 Å². The van der Waals surface area contributed by atoms with Gasteiger partial charge in [-0.25, -0.2) is 0 Å². The lowest BCUT2D eigenvalue weighted by Crippen LogP contribution is -2.36. The van der Waals surface area contributed by atoms with Crippen LogP contribution in [0.15, 0.2) is 0 Å². The molecular formula is C11H19F5O. The first-order chi connectivity index (χ1) is 7.67. The first kappa shape index (κ1) is 16.6. The molecule has 0 fully saturated rings. The molecule has 0 aliphatic heterocycles. The zero-order valence-corrected chi connectivity index (χ0v) is 10.1. The molecule has 1 nitrogen and oxygen atoms in total. The van der Waals surface area contributed by atoms with E-state index < -0.39 is 18.5 Å². The number of rotatable bonds is 8. The second-order valence-electron chi connectivity index (χ2n) is 4.29. The lowest BCUT2D eigenvalue weighted by molar-refractivity contribution is -0.284. The van der Waals surface area contributed by atoms with Crippen LogP contribution in [0.3, 0.4) is 0 Å². The van der Waals surface area contributed by atoms with Crippen LogP contribution < -0.4 is 0 Å². The summed E-state index contributed by atoms with van der Waals surface area (Å²) in [5, 5.41) is 0. The van der Waals surface area contributed by atoms with Gasteiger partial charge in [-0.15, -0.1) is 0 Å². The molecular weight excluding hydrogens is 243 g/mol. The van der Waals surface area contributed by atoms with Crippen LogP contribution >= 0.6 is 0 Å². The minimum Gasteiger partial charge on any atom is -0.379 e. The van der Waals surface area contributed by atoms with Crippen LogP contribution in [0.1, 0.15) is 46.0 Å². The summed E-state index contributed by atoms with van der Waals surface area (Å²) in [6.45, 7) is 4.28. The lowest BCUT2D eigenvalue weighted by Gasteiger charge is -2.19. The maximum atomic E-state index is 12.5. The summed E-state index contributed by atoms with van der Waals surface area (Å²) in [5.74, 6) is -4.55. The predicted molar refractivity (Wildman–Crippen MR) is 55.2 cm³/mol. The standard InChI is InChI=1S/C11H19F5O/c1-9(2)17-8-6-4-3-5-7-10(12,13)11(14,15)16/h9H,3-8H2,1-2H3. The van der Waals surface area contributed by atoms with Crippen molar-refractivity contribution >= 4 is 0 Å². The highest BCUT2D eigenvalue weighted by atomic mass is 19.4. The van der Waals surface area contributed by atoms with E-state index in [1.165, 1.54) is 0 Å². The smallest absolute Gasteiger partial charge is 0.379 e. The van der Waals surface area contributed by atoms with Gasteiger partial charge < -0.3 is 4.74 Å². The van der Waals surface area contributed by atoms with Gasteiger partial charge in [0.05, 0.1) is 6.10 Å². The Bertz CT molecular complexity index is 201. The summed E-state index contributed by atoms with van der Waals surface area (Å²) in [5.41, 5.74) is 0. The van der Waals surface area contributed by atoms with Gasteiger partial charge in [0.2, 0.25) is 0 Å². The third-order valence-corrected chi connectivity index (χ3v) is 2.25. The Morgan fingerprint density at radius 2 is 1.41 bits per heavy atom. The highest BCUT2D eigenvalue weighted by molar-refractivity contribution is 4.75. The Morgan fingerprint density at radius 1 is 0.882 bits per heavy atom. The van der Waals surface area contributed by atoms with Crippen molar-refractivity contribution in [3.8, 4) is 0 Å². The number of alkyl halides is 5. The molecule has 0 N–H and O–H groups in total. The van der Waals surface area contributed by atoms with Crippen LogP contribution in [0, 0.1) is 0 Å². The Kier molecular flexibility index (Phi) is 6.97. The molecule has 104 valence electrons. The molecule has 0 heterocycles. The molecule has 0 aromatic heterocycles. The molecule has 0 saturated carbocycles. The van der Waals surface area contributed by atoms with E-state index in [4.69, 9.17) is 4.74 Å². The van der Waals surface area contributed by atoms with E-state index in [2.05, 4.69) is 0 Å². The van der Waals surface area contributed by atoms with E-state index in [0.29, 0.717) is 25.9 Å². The molecule has 0 aromatic carbocycles. The second-order valence-corrected chi connectivity index (χ2v) is 4.29. The second kappa shape index (κ2) is 7.13. The maximum absolute atomic E-state index is 12.5. The van der Waals surface area contributed by atoms with Gasteiger partial charge in [0.15, 0.2) is 0 Å². The Morgan fingerprint density at radius 3 is 1.88 bits per heavy atom. The predicted octanol–water partition coefficient (Wildman–Crippen LogP) is 4.56. The van der Waals surface area contributed by atoms with Gasteiger partial charge in [-0.2, -0.15) is 22.0 Å². The van der Waals surface area contributed by atoms with Gasteiger partial charge in [0, 0.05) is 13.0 Å². The van der Waals surface area contributed by atoms with Crippen LogP contribution in [0.25, 0.3) is 0 Å². The Hall–Kier alpha value is -0.390. The van der Waals surface area contributed by atoms with Crippen molar-refractivity contribution in [2.75, 3.05) is 6.61 Å². The van der Waals surface area contributed by atoms with Crippen molar-refractivity contribution in [1.82, 2.24) is 0 Å². The van der Waals surface area contributed by atoms with E-state index in [-0.39, 0.29) is 12.5 Å². The largest absolute Gasteiger partial charge is 0.453 e. The van der Waals surface area contributed by atoms with Crippen molar-refractivity contribution in [1.29, 1.82) is 0 Å². The quantitative estimate of drug-likeness (QED) is 0.460.